The first-order valence-electron chi connectivity index (χ1n) is 0. The minimum atomic E-state index is 0. The molecule has 0 radical (unpaired) electrons. The summed E-state index contributed by atoms with van der Waals surface area (Å²) in [6.07, 6.45) is 0. The van der Waals surface area contributed by atoms with E-state index in [1.165, 1.54) is 0 Å². The molecule has 0 saturated heterocycles. The zero-order chi connectivity index (χ0) is 0. The van der Waals surface area contributed by atoms with Gasteiger partial charge in [0.25, 0.3) is 0 Å². The van der Waals surface area contributed by atoms with E-state index >= 15 is 0 Å². The molecule has 98 valence electrons. The van der Waals surface area contributed by atoms with Crippen molar-refractivity contribution in [3.05, 3.63) is 0 Å². The van der Waals surface area contributed by atoms with E-state index in [-0.39, 0.29) is 180 Å². The van der Waals surface area contributed by atoms with Crippen LogP contribution in [0.25, 0.3) is 0 Å². The molecule has 0 spiro atoms. The van der Waals surface area contributed by atoms with E-state index in [1.54, 1.807) is 0 Å². The SMILES string of the molecule is Cl.Cl.Cl.Cl.Cl.Cl.Cl.Cl.Cl.Cl.Cl.Cl.[H-].[Na+]. The summed E-state index contributed by atoms with van der Waals surface area (Å²) in [5.74, 6) is 0. The smallest absolute Gasteiger partial charge is 1.00 e. The van der Waals surface area contributed by atoms with Crippen LogP contribution in [0, 0.1) is 0 Å². The molecule has 0 atom stereocenters. The maximum absolute atomic E-state index is 0. The molecule has 0 aliphatic rings. The molecule has 0 amide bonds. The monoisotopic (exact) mass is 456 g/mol. The topological polar surface area (TPSA) is 0 Å². The van der Waals surface area contributed by atoms with E-state index in [0.29, 0.717) is 0 Å². The summed E-state index contributed by atoms with van der Waals surface area (Å²) < 4.78 is 0. The van der Waals surface area contributed by atoms with Crippen molar-refractivity contribution in [1.82, 2.24) is 0 Å². The van der Waals surface area contributed by atoms with Crippen LogP contribution in [0.5, 0.6) is 0 Å². The molecule has 0 saturated carbocycles. The molecular weight excluding hydrogens is 448 g/mol. The van der Waals surface area contributed by atoms with Gasteiger partial charge < -0.3 is 1.43 Å². The molecule has 0 aromatic carbocycles. The van der Waals surface area contributed by atoms with Gasteiger partial charge in [0, 0.05) is 0 Å². The predicted octanol–water partition coefficient (Wildman–Crippen LogP) is 2.18. The molecule has 0 bridgehead atoms. The Bertz CT molecular complexity index is 10.3. The molecule has 0 aliphatic carbocycles. The second-order valence-corrected chi connectivity index (χ2v) is 0. The van der Waals surface area contributed by atoms with Crippen LogP contribution in [0.2, 0.25) is 0 Å². The third kappa shape index (κ3) is 172. The van der Waals surface area contributed by atoms with Gasteiger partial charge in [-0.2, -0.15) is 0 Å². The number of halogens is 12. The Hall–Kier alpha value is 4.48. The van der Waals surface area contributed by atoms with E-state index in [9.17, 15) is 0 Å². The second kappa shape index (κ2) is 197. The minimum Gasteiger partial charge on any atom is -1.00 e. The largest absolute Gasteiger partial charge is 1.00 e. The first kappa shape index (κ1) is 237. The molecule has 0 unspecified atom stereocenters. The summed E-state index contributed by atoms with van der Waals surface area (Å²) in [5.41, 5.74) is 0. The van der Waals surface area contributed by atoms with Crippen LogP contribution in [0.15, 0.2) is 0 Å². The van der Waals surface area contributed by atoms with Crippen molar-refractivity contribution < 1.29 is 31.0 Å². The van der Waals surface area contributed by atoms with E-state index in [1.807, 2.05) is 0 Å². The van der Waals surface area contributed by atoms with Crippen LogP contribution in [0.1, 0.15) is 1.43 Å². The van der Waals surface area contributed by atoms with E-state index in [4.69, 9.17) is 0 Å². The summed E-state index contributed by atoms with van der Waals surface area (Å²) in [5, 5.41) is 0. The van der Waals surface area contributed by atoms with Crippen molar-refractivity contribution >= 4 is 149 Å². The van der Waals surface area contributed by atoms with Crippen LogP contribution < -0.4 is 29.6 Å². The molecule has 0 nitrogen and oxygen atoms in total. The average Bonchev–Trinajstić information content (AvgIpc) is 0. The van der Waals surface area contributed by atoms with Gasteiger partial charge in [0.15, 0.2) is 0 Å². The summed E-state index contributed by atoms with van der Waals surface area (Å²) in [6.45, 7) is 0. The van der Waals surface area contributed by atoms with Gasteiger partial charge in [0.1, 0.15) is 0 Å². The van der Waals surface area contributed by atoms with Crippen molar-refractivity contribution in [2.45, 2.75) is 0 Å². The quantitative estimate of drug-likeness (QED) is 0.486. The van der Waals surface area contributed by atoms with Crippen molar-refractivity contribution in [3.8, 4) is 0 Å². The maximum Gasteiger partial charge on any atom is 1.00 e. The van der Waals surface area contributed by atoms with E-state index in [2.05, 4.69) is 0 Å². The van der Waals surface area contributed by atoms with Crippen molar-refractivity contribution in [1.29, 1.82) is 0 Å². The Balaban J connectivity index is 0. The molecule has 0 heterocycles. The summed E-state index contributed by atoms with van der Waals surface area (Å²) in [6, 6.07) is 0. The Morgan fingerprint density at radius 3 is 0.231 bits per heavy atom. The van der Waals surface area contributed by atoms with Gasteiger partial charge in [-0.15, -0.1) is 149 Å². The summed E-state index contributed by atoms with van der Waals surface area (Å²) in [4.78, 5) is 0. The second-order valence-electron chi connectivity index (χ2n) is 0. The third-order valence-corrected chi connectivity index (χ3v) is 0. The van der Waals surface area contributed by atoms with E-state index in [0.717, 1.165) is 0 Å². The van der Waals surface area contributed by atoms with Gasteiger partial charge in [-0.3, -0.25) is 0 Å². The zero-order valence-electron chi connectivity index (χ0n) is 6.90. The van der Waals surface area contributed by atoms with E-state index < -0.39 is 0 Å². The minimum absolute atomic E-state index is 0. The fourth-order valence-corrected chi connectivity index (χ4v) is 0. The Morgan fingerprint density at radius 2 is 0.231 bits per heavy atom. The summed E-state index contributed by atoms with van der Waals surface area (Å²) in [7, 11) is 0. The molecule has 0 rings (SSSR count). The molecule has 0 aromatic heterocycles. The van der Waals surface area contributed by atoms with Crippen molar-refractivity contribution in [2.24, 2.45) is 0 Å². The molecular formula is H13Cl12Na. The number of hydrogen-bond acceptors (Lipinski definition) is 0. The van der Waals surface area contributed by atoms with Gasteiger partial charge in [-0.05, 0) is 0 Å². The normalized spacial score (nSPS) is 0. The predicted molar refractivity (Wildman–Crippen MR) is 88.1 cm³/mol. The van der Waals surface area contributed by atoms with Crippen molar-refractivity contribution in [3.63, 3.8) is 0 Å². The fraction of sp³-hybridized carbons (Fsp3) is 0. The van der Waals surface area contributed by atoms with Gasteiger partial charge in [0.2, 0.25) is 0 Å². The molecule has 0 aliphatic heterocycles. The maximum atomic E-state index is 0. The van der Waals surface area contributed by atoms with Crippen LogP contribution in [-0.2, 0) is 0 Å². The van der Waals surface area contributed by atoms with Crippen LogP contribution >= 0.6 is 149 Å². The molecule has 0 aromatic rings. The van der Waals surface area contributed by atoms with Crippen molar-refractivity contribution in [2.75, 3.05) is 0 Å². The Labute approximate surface area is 177 Å². The molecule has 0 fully saturated rings. The fourth-order valence-electron chi connectivity index (χ4n) is 0. The summed E-state index contributed by atoms with van der Waals surface area (Å²) >= 11 is 0. The Kier molecular flexibility index (Phi) is 3580. The van der Waals surface area contributed by atoms with Gasteiger partial charge in [0.05, 0.1) is 0 Å². The van der Waals surface area contributed by atoms with Gasteiger partial charge >= 0.3 is 29.6 Å². The molecule has 13 heteroatoms. The average molecular weight is 462 g/mol. The van der Waals surface area contributed by atoms with Crippen LogP contribution in [0.4, 0.5) is 0 Å². The number of hydrogen-bond donors (Lipinski definition) is 0. The van der Waals surface area contributed by atoms with Crippen LogP contribution in [-0.4, -0.2) is 0 Å². The van der Waals surface area contributed by atoms with Crippen LogP contribution in [0.3, 0.4) is 0 Å². The first-order chi connectivity index (χ1) is 0. The number of rotatable bonds is 0. The van der Waals surface area contributed by atoms with Gasteiger partial charge in [-0.1, -0.05) is 0 Å². The molecule has 0 N–H and O–H groups in total. The zero-order valence-corrected chi connectivity index (χ0v) is 17.7. The Morgan fingerprint density at radius 1 is 0.231 bits per heavy atom. The standard InChI is InChI=1S/12ClH.Na.H/h12*1H;;/q;;;;;;;;;;;;+1;-1. The third-order valence-electron chi connectivity index (χ3n) is 0. The van der Waals surface area contributed by atoms with Gasteiger partial charge in [-0.25, -0.2) is 0 Å². The first-order valence-corrected chi connectivity index (χ1v) is 0. The molecule has 13 heavy (non-hydrogen) atoms.